The fourth-order valence-electron chi connectivity index (χ4n) is 8.20. The zero-order valence-corrected chi connectivity index (χ0v) is 27.7. The molecule has 0 N–H and O–H groups in total. The monoisotopic (exact) mass is 642 g/mol. The molecule has 50 heavy (non-hydrogen) atoms. The summed E-state index contributed by atoms with van der Waals surface area (Å²) in [4.78, 5) is 7.33. The quantitative estimate of drug-likeness (QED) is 0.190. The Balaban J connectivity index is 1.21. The SMILES string of the molecule is CN1c2ccccc2N(c2ccc(N3c4ccccc4-c4ccccc4-c4c3c3ccccc3n4-c3ccccc3)cc2)C1c1ccccc1. The second kappa shape index (κ2) is 11.3. The molecule has 0 radical (unpaired) electrons. The molecule has 10 rings (SSSR count). The lowest BCUT2D eigenvalue weighted by atomic mass is 9.97. The molecule has 8 aromatic rings. The van der Waals surface area contributed by atoms with Gasteiger partial charge in [0.15, 0.2) is 0 Å². The minimum Gasteiger partial charge on any atom is -0.349 e. The molecule has 3 heterocycles. The van der Waals surface area contributed by atoms with Crippen molar-refractivity contribution in [3.05, 3.63) is 188 Å². The Kier molecular flexibility index (Phi) is 6.43. The molecule has 0 spiro atoms. The third-order valence-electron chi connectivity index (χ3n) is 10.3. The van der Waals surface area contributed by atoms with Gasteiger partial charge in [-0.1, -0.05) is 121 Å². The fourth-order valence-corrected chi connectivity index (χ4v) is 8.20. The van der Waals surface area contributed by atoms with Gasteiger partial charge in [0.25, 0.3) is 0 Å². The molecule has 4 nitrogen and oxygen atoms in total. The van der Waals surface area contributed by atoms with E-state index < -0.39 is 0 Å². The van der Waals surface area contributed by atoms with E-state index in [0.717, 1.165) is 22.7 Å². The Morgan fingerprint density at radius 2 is 0.980 bits per heavy atom. The summed E-state index contributed by atoms with van der Waals surface area (Å²) in [7, 11) is 2.20. The van der Waals surface area contributed by atoms with E-state index in [0.29, 0.717) is 0 Å². The average Bonchev–Trinajstić information content (AvgIpc) is 3.64. The summed E-state index contributed by atoms with van der Waals surface area (Å²) >= 11 is 0. The molecule has 0 bridgehead atoms. The summed E-state index contributed by atoms with van der Waals surface area (Å²) in [5, 5.41) is 1.21. The maximum absolute atomic E-state index is 2.48. The van der Waals surface area contributed by atoms with Crippen LogP contribution in [0.4, 0.5) is 34.1 Å². The van der Waals surface area contributed by atoms with Crippen molar-refractivity contribution in [2.45, 2.75) is 6.17 Å². The highest BCUT2D eigenvalue weighted by Crippen LogP contribution is 2.55. The Labute approximate surface area is 292 Å². The molecule has 0 fully saturated rings. The van der Waals surface area contributed by atoms with Gasteiger partial charge in [0.05, 0.1) is 34.0 Å². The standard InChI is InChI=1S/C46H34N4/c1-47-42-26-14-15-27-43(42)50(46(47)32-16-4-2-5-17-32)35-30-28-34(29-31-35)49-40-24-12-10-21-37(40)36-20-8-9-22-38(36)44-45(49)39-23-11-13-25-41(39)48(44)33-18-6-3-7-19-33/h2-31,46H,1H3. The topological polar surface area (TPSA) is 14.7 Å². The second-order valence-electron chi connectivity index (χ2n) is 13.1. The summed E-state index contributed by atoms with van der Waals surface area (Å²) in [6.45, 7) is 0. The molecule has 7 aromatic carbocycles. The van der Waals surface area contributed by atoms with Gasteiger partial charge in [0.1, 0.15) is 6.17 Å². The van der Waals surface area contributed by atoms with Crippen LogP contribution < -0.4 is 14.7 Å². The molecule has 2 aliphatic rings. The predicted molar refractivity (Wildman–Crippen MR) is 209 cm³/mol. The van der Waals surface area contributed by atoms with Crippen LogP contribution in [-0.2, 0) is 0 Å². The molecule has 238 valence electrons. The number of hydrogen-bond donors (Lipinski definition) is 0. The van der Waals surface area contributed by atoms with Crippen molar-refractivity contribution in [3.8, 4) is 28.1 Å². The summed E-state index contributed by atoms with van der Waals surface area (Å²) < 4.78 is 2.44. The maximum atomic E-state index is 2.48. The van der Waals surface area contributed by atoms with Gasteiger partial charge >= 0.3 is 0 Å². The highest BCUT2D eigenvalue weighted by molar-refractivity contribution is 6.13. The van der Waals surface area contributed by atoms with Crippen LogP contribution in [0.1, 0.15) is 11.7 Å². The minimum absolute atomic E-state index is 0.0447. The van der Waals surface area contributed by atoms with Gasteiger partial charge < -0.3 is 19.3 Å². The van der Waals surface area contributed by atoms with Crippen LogP contribution in [-0.4, -0.2) is 11.6 Å². The van der Waals surface area contributed by atoms with Crippen molar-refractivity contribution in [1.82, 2.24) is 4.57 Å². The molecular weight excluding hydrogens is 609 g/mol. The predicted octanol–water partition coefficient (Wildman–Crippen LogP) is 12.0. The Morgan fingerprint density at radius 3 is 1.74 bits per heavy atom. The first-order valence-electron chi connectivity index (χ1n) is 17.2. The summed E-state index contributed by atoms with van der Waals surface area (Å²) in [5.74, 6) is 0. The third-order valence-corrected chi connectivity index (χ3v) is 10.3. The van der Waals surface area contributed by atoms with E-state index in [2.05, 4.69) is 208 Å². The largest absolute Gasteiger partial charge is 0.349 e. The van der Waals surface area contributed by atoms with Crippen LogP contribution >= 0.6 is 0 Å². The summed E-state index contributed by atoms with van der Waals surface area (Å²) in [6.07, 6.45) is 0.0447. The zero-order valence-electron chi connectivity index (χ0n) is 27.7. The van der Waals surface area contributed by atoms with Crippen LogP contribution in [0.5, 0.6) is 0 Å². The lowest BCUT2D eigenvalue weighted by molar-refractivity contribution is 0.719. The third kappa shape index (κ3) is 4.18. The normalized spacial score (nSPS) is 14.6. The lowest BCUT2D eigenvalue weighted by Gasteiger charge is -2.32. The van der Waals surface area contributed by atoms with Gasteiger partial charge in [-0.05, 0) is 71.8 Å². The number of nitrogens with zero attached hydrogens (tertiary/aromatic N) is 4. The number of aromatic nitrogens is 1. The molecule has 1 aromatic heterocycles. The van der Waals surface area contributed by atoms with E-state index >= 15 is 0 Å². The second-order valence-corrected chi connectivity index (χ2v) is 13.1. The van der Waals surface area contributed by atoms with Crippen molar-refractivity contribution in [2.75, 3.05) is 21.7 Å². The van der Waals surface area contributed by atoms with E-state index in [4.69, 9.17) is 0 Å². The Hall–Kier alpha value is -6.52. The van der Waals surface area contributed by atoms with Gasteiger partial charge in [0.2, 0.25) is 0 Å². The molecule has 2 aliphatic heterocycles. The van der Waals surface area contributed by atoms with Crippen molar-refractivity contribution < 1.29 is 0 Å². The first-order chi connectivity index (χ1) is 24.8. The van der Waals surface area contributed by atoms with Crippen LogP contribution in [0.15, 0.2) is 182 Å². The number of benzene rings is 7. The van der Waals surface area contributed by atoms with E-state index in [1.54, 1.807) is 0 Å². The number of hydrogen-bond acceptors (Lipinski definition) is 3. The number of anilines is 6. The smallest absolute Gasteiger partial charge is 0.132 e. The van der Waals surface area contributed by atoms with Gasteiger partial charge in [0, 0.05) is 40.6 Å². The molecule has 1 atom stereocenters. The van der Waals surface area contributed by atoms with Crippen molar-refractivity contribution in [3.63, 3.8) is 0 Å². The highest BCUT2D eigenvalue weighted by Gasteiger charge is 2.36. The molecular formula is C46H34N4. The Bertz CT molecular complexity index is 2520. The van der Waals surface area contributed by atoms with Crippen molar-refractivity contribution in [1.29, 1.82) is 0 Å². The molecule has 0 saturated carbocycles. The van der Waals surface area contributed by atoms with Crippen LogP contribution in [0.25, 0.3) is 39.0 Å². The van der Waals surface area contributed by atoms with Gasteiger partial charge in [-0.2, -0.15) is 0 Å². The fraction of sp³-hybridized carbons (Fsp3) is 0.0435. The van der Waals surface area contributed by atoms with Gasteiger partial charge in [-0.25, -0.2) is 0 Å². The number of fused-ring (bicyclic) bond motifs is 8. The van der Waals surface area contributed by atoms with Crippen LogP contribution in [0.2, 0.25) is 0 Å². The lowest BCUT2D eigenvalue weighted by Crippen LogP contribution is -2.30. The Morgan fingerprint density at radius 1 is 0.420 bits per heavy atom. The van der Waals surface area contributed by atoms with E-state index in [1.165, 1.54) is 55.9 Å². The summed E-state index contributed by atoms with van der Waals surface area (Å²) in [6, 6.07) is 66.0. The molecule has 0 saturated heterocycles. The van der Waals surface area contributed by atoms with E-state index in [9.17, 15) is 0 Å². The van der Waals surface area contributed by atoms with Crippen LogP contribution in [0.3, 0.4) is 0 Å². The molecule has 4 heteroatoms. The van der Waals surface area contributed by atoms with Crippen LogP contribution in [0, 0.1) is 0 Å². The molecule has 1 unspecified atom stereocenters. The minimum atomic E-state index is 0.0447. The highest BCUT2D eigenvalue weighted by atomic mass is 15.4. The van der Waals surface area contributed by atoms with Crippen molar-refractivity contribution >= 4 is 45.0 Å². The van der Waals surface area contributed by atoms with Crippen molar-refractivity contribution in [2.24, 2.45) is 0 Å². The van der Waals surface area contributed by atoms with Gasteiger partial charge in [-0.3, -0.25) is 0 Å². The first kappa shape index (κ1) is 28.5. The summed E-state index contributed by atoms with van der Waals surface area (Å²) in [5.41, 5.74) is 15.5. The van der Waals surface area contributed by atoms with Gasteiger partial charge in [-0.15, -0.1) is 0 Å². The molecule has 0 aliphatic carbocycles. The van der Waals surface area contributed by atoms with E-state index in [1.807, 2.05) is 0 Å². The number of para-hydroxylation sites is 5. The average molecular weight is 643 g/mol. The maximum Gasteiger partial charge on any atom is 0.132 e. The number of rotatable bonds is 4. The van der Waals surface area contributed by atoms with E-state index in [-0.39, 0.29) is 6.17 Å². The zero-order chi connectivity index (χ0) is 33.2. The molecule has 0 amide bonds. The first-order valence-corrected chi connectivity index (χ1v) is 17.2.